The zero-order valence-electron chi connectivity index (χ0n) is 10.4. The average molecular weight is 218 g/mol. The highest BCUT2D eigenvalue weighted by Crippen LogP contribution is 2.36. The third-order valence-corrected chi connectivity index (χ3v) is 3.79. The fraction of sp³-hybridized carbons (Fsp3) is 0.643. The molecule has 1 fully saturated rings. The van der Waals surface area contributed by atoms with Gasteiger partial charge in [-0.15, -0.1) is 0 Å². The topological polar surface area (TPSA) is 24.9 Å². The van der Waals surface area contributed by atoms with Crippen molar-refractivity contribution in [3.05, 3.63) is 29.6 Å². The molecule has 0 aromatic carbocycles. The highest BCUT2D eigenvalue weighted by Gasteiger charge is 2.27. The number of hydrogen-bond acceptors (Lipinski definition) is 2. The van der Waals surface area contributed by atoms with Crippen molar-refractivity contribution in [3.63, 3.8) is 0 Å². The van der Waals surface area contributed by atoms with E-state index in [9.17, 15) is 0 Å². The van der Waals surface area contributed by atoms with Crippen LogP contribution in [0, 0.1) is 12.3 Å². The van der Waals surface area contributed by atoms with E-state index in [4.69, 9.17) is 0 Å². The van der Waals surface area contributed by atoms with Gasteiger partial charge in [0.15, 0.2) is 0 Å². The first-order valence-corrected chi connectivity index (χ1v) is 6.31. The van der Waals surface area contributed by atoms with Gasteiger partial charge in [-0.05, 0) is 36.8 Å². The van der Waals surface area contributed by atoms with Crippen LogP contribution in [0.1, 0.15) is 43.9 Å². The van der Waals surface area contributed by atoms with Gasteiger partial charge >= 0.3 is 0 Å². The SMILES string of the molecule is Cc1ncccc1CNCC1(C)CCCC1. The van der Waals surface area contributed by atoms with Crippen molar-refractivity contribution in [2.24, 2.45) is 5.41 Å². The van der Waals surface area contributed by atoms with Crippen molar-refractivity contribution < 1.29 is 0 Å². The number of pyridine rings is 1. The normalized spacial score (nSPS) is 18.9. The molecule has 0 radical (unpaired) electrons. The Morgan fingerprint density at radius 1 is 1.38 bits per heavy atom. The molecule has 1 aromatic heterocycles. The van der Waals surface area contributed by atoms with Gasteiger partial charge in [0.1, 0.15) is 0 Å². The summed E-state index contributed by atoms with van der Waals surface area (Å²) in [5.74, 6) is 0. The minimum atomic E-state index is 0.538. The second kappa shape index (κ2) is 4.96. The molecule has 2 heteroatoms. The Labute approximate surface area is 98.5 Å². The van der Waals surface area contributed by atoms with Gasteiger partial charge in [0.2, 0.25) is 0 Å². The van der Waals surface area contributed by atoms with Crippen molar-refractivity contribution in [1.29, 1.82) is 0 Å². The Morgan fingerprint density at radius 3 is 2.81 bits per heavy atom. The monoisotopic (exact) mass is 218 g/mol. The van der Waals surface area contributed by atoms with Crippen molar-refractivity contribution in [3.8, 4) is 0 Å². The molecule has 0 amide bonds. The van der Waals surface area contributed by atoms with Gasteiger partial charge in [-0.3, -0.25) is 4.98 Å². The maximum atomic E-state index is 4.31. The van der Waals surface area contributed by atoms with Crippen LogP contribution in [0.5, 0.6) is 0 Å². The van der Waals surface area contributed by atoms with Gasteiger partial charge in [-0.25, -0.2) is 0 Å². The quantitative estimate of drug-likeness (QED) is 0.840. The summed E-state index contributed by atoms with van der Waals surface area (Å²) in [5, 5.41) is 3.58. The molecule has 2 nitrogen and oxygen atoms in total. The fourth-order valence-corrected chi connectivity index (χ4v) is 2.61. The number of hydrogen-bond donors (Lipinski definition) is 1. The van der Waals surface area contributed by atoms with Gasteiger partial charge in [-0.1, -0.05) is 25.8 Å². The zero-order chi connectivity index (χ0) is 11.4. The molecule has 1 N–H and O–H groups in total. The summed E-state index contributed by atoms with van der Waals surface area (Å²) in [6, 6.07) is 4.17. The summed E-state index contributed by atoms with van der Waals surface area (Å²) in [5.41, 5.74) is 3.01. The summed E-state index contributed by atoms with van der Waals surface area (Å²) in [7, 11) is 0. The predicted octanol–water partition coefficient (Wildman–Crippen LogP) is 3.06. The predicted molar refractivity (Wildman–Crippen MR) is 67.3 cm³/mol. The van der Waals surface area contributed by atoms with Crippen LogP contribution >= 0.6 is 0 Å². The molecule has 1 aromatic rings. The van der Waals surface area contributed by atoms with E-state index < -0.39 is 0 Å². The standard InChI is InChI=1S/C14H22N2/c1-12-13(6-5-9-16-12)10-15-11-14(2)7-3-4-8-14/h5-6,9,15H,3-4,7-8,10-11H2,1-2H3. The molecule has 1 aliphatic rings. The molecule has 1 heterocycles. The van der Waals surface area contributed by atoms with Crippen LogP contribution in [0.15, 0.2) is 18.3 Å². The Kier molecular flexibility index (Phi) is 3.59. The Balaban J connectivity index is 1.82. The maximum absolute atomic E-state index is 4.31. The Morgan fingerprint density at radius 2 is 2.12 bits per heavy atom. The highest BCUT2D eigenvalue weighted by molar-refractivity contribution is 5.17. The van der Waals surface area contributed by atoms with Crippen LogP contribution in [0.25, 0.3) is 0 Å². The van der Waals surface area contributed by atoms with E-state index >= 15 is 0 Å². The lowest BCUT2D eigenvalue weighted by atomic mass is 9.89. The number of aromatic nitrogens is 1. The van der Waals surface area contributed by atoms with Gasteiger partial charge in [-0.2, -0.15) is 0 Å². The second-order valence-electron chi connectivity index (χ2n) is 5.37. The fourth-order valence-electron chi connectivity index (χ4n) is 2.61. The lowest BCUT2D eigenvalue weighted by Crippen LogP contribution is -2.29. The molecule has 2 rings (SSSR count). The van der Waals surface area contributed by atoms with Crippen molar-refractivity contribution >= 4 is 0 Å². The lowest BCUT2D eigenvalue weighted by molar-refractivity contribution is 0.314. The van der Waals surface area contributed by atoms with Gasteiger partial charge in [0.05, 0.1) is 0 Å². The van der Waals surface area contributed by atoms with Crippen LogP contribution in [0.4, 0.5) is 0 Å². The summed E-state index contributed by atoms with van der Waals surface area (Å²) in [4.78, 5) is 4.31. The van der Waals surface area contributed by atoms with Gasteiger partial charge in [0, 0.05) is 25.0 Å². The molecule has 0 unspecified atom stereocenters. The third-order valence-electron chi connectivity index (χ3n) is 3.79. The molecule has 0 aliphatic heterocycles. The zero-order valence-corrected chi connectivity index (χ0v) is 10.4. The minimum Gasteiger partial charge on any atom is -0.312 e. The molecule has 0 atom stereocenters. The summed E-state index contributed by atoms with van der Waals surface area (Å²) < 4.78 is 0. The molecule has 88 valence electrons. The lowest BCUT2D eigenvalue weighted by Gasteiger charge is -2.24. The molecule has 0 bridgehead atoms. The molecule has 16 heavy (non-hydrogen) atoms. The number of rotatable bonds is 4. The highest BCUT2D eigenvalue weighted by atomic mass is 14.9. The van der Waals surface area contributed by atoms with Crippen LogP contribution in [0.2, 0.25) is 0 Å². The molecular formula is C14H22N2. The van der Waals surface area contributed by atoms with Gasteiger partial charge < -0.3 is 5.32 Å². The van der Waals surface area contributed by atoms with E-state index in [1.807, 2.05) is 12.3 Å². The smallest absolute Gasteiger partial charge is 0.0417 e. The van der Waals surface area contributed by atoms with E-state index in [2.05, 4.69) is 30.2 Å². The van der Waals surface area contributed by atoms with E-state index in [0.717, 1.165) is 18.8 Å². The number of aryl methyl sites for hydroxylation is 1. The first kappa shape index (κ1) is 11.6. The third kappa shape index (κ3) is 2.82. The first-order chi connectivity index (χ1) is 7.70. The molecular weight excluding hydrogens is 196 g/mol. The Bertz CT molecular complexity index is 340. The van der Waals surface area contributed by atoms with Crippen molar-refractivity contribution in [1.82, 2.24) is 10.3 Å². The maximum Gasteiger partial charge on any atom is 0.0417 e. The van der Waals surface area contributed by atoms with Crippen LogP contribution < -0.4 is 5.32 Å². The van der Waals surface area contributed by atoms with Crippen LogP contribution in [-0.4, -0.2) is 11.5 Å². The van der Waals surface area contributed by atoms with Gasteiger partial charge in [0.25, 0.3) is 0 Å². The van der Waals surface area contributed by atoms with E-state index in [1.54, 1.807) is 0 Å². The largest absolute Gasteiger partial charge is 0.312 e. The summed E-state index contributed by atoms with van der Waals surface area (Å²) in [6.45, 7) is 6.58. The minimum absolute atomic E-state index is 0.538. The van der Waals surface area contributed by atoms with E-state index in [0.29, 0.717) is 5.41 Å². The summed E-state index contributed by atoms with van der Waals surface area (Å²) in [6.07, 6.45) is 7.43. The average Bonchev–Trinajstić information content (AvgIpc) is 2.68. The molecule has 0 spiro atoms. The number of nitrogens with one attached hydrogen (secondary N) is 1. The van der Waals surface area contributed by atoms with Crippen molar-refractivity contribution in [2.45, 2.75) is 46.1 Å². The molecule has 1 aliphatic carbocycles. The van der Waals surface area contributed by atoms with Crippen LogP contribution in [0.3, 0.4) is 0 Å². The van der Waals surface area contributed by atoms with E-state index in [1.165, 1.54) is 31.2 Å². The van der Waals surface area contributed by atoms with E-state index in [-0.39, 0.29) is 0 Å². The molecule has 0 saturated heterocycles. The van der Waals surface area contributed by atoms with Crippen molar-refractivity contribution in [2.75, 3.05) is 6.54 Å². The first-order valence-electron chi connectivity index (χ1n) is 6.31. The Hall–Kier alpha value is -0.890. The number of nitrogens with zero attached hydrogens (tertiary/aromatic N) is 1. The second-order valence-corrected chi connectivity index (χ2v) is 5.37. The van der Waals surface area contributed by atoms with Crippen LogP contribution in [-0.2, 0) is 6.54 Å². The summed E-state index contributed by atoms with van der Waals surface area (Å²) >= 11 is 0. The molecule has 1 saturated carbocycles.